The van der Waals surface area contributed by atoms with Crippen LogP contribution in [0.2, 0.25) is 0 Å². The molecule has 0 aliphatic rings. The average molecular weight is 315 g/mol. The average Bonchev–Trinajstić information content (AvgIpc) is 3.06. The third-order valence-electron chi connectivity index (χ3n) is 3.32. The molecule has 3 rings (SSSR count). The van der Waals surface area contributed by atoms with Gasteiger partial charge in [0.05, 0.1) is 35.9 Å². The molecule has 2 aromatic heterocycles. The number of thiophene rings is 1. The van der Waals surface area contributed by atoms with Crippen LogP contribution in [0.5, 0.6) is 11.5 Å². The molecule has 0 aliphatic carbocycles. The number of benzene rings is 1. The molecular weight excluding hydrogens is 302 g/mol. The second-order valence-electron chi connectivity index (χ2n) is 4.56. The molecule has 1 N–H and O–H groups in total. The van der Waals surface area contributed by atoms with E-state index in [1.54, 1.807) is 18.2 Å². The molecule has 112 valence electrons. The number of carbonyl (C=O) groups is 1. The van der Waals surface area contributed by atoms with Crippen molar-refractivity contribution in [2.75, 3.05) is 14.2 Å². The second kappa shape index (κ2) is 5.65. The van der Waals surface area contributed by atoms with Crippen LogP contribution in [0, 0.1) is 0 Å². The molecule has 0 unspecified atom stereocenters. The molecule has 0 atom stereocenters. The van der Waals surface area contributed by atoms with Gasteiger partial charge in [-0.05, 0) is 23.6 Å². The van der Waals surface area contributed by atoms with Gasteiger partial charge in [-0.25, -0.2) is 9.78 Å². The predicted molar refractivity (Wildman–Crippen MR) is 85.1 cm³/mol. The van der Waals surface area contributed by atoms with Crippen LogP contribution in [0.3, 0.4) is 0 Å². The molecule has 1 aromatic carbocycles. The van der Waals surface area contributed by atoms with Crippen LogP contribution < -0.4 is 9.47 Å². The third-order valence-corrected chi connectivity index (χ3v) is 4.21. The number of carboxylic acids is 1. The van der Waals surface area contributed by atoms with Crippen molar-refractivity contribution in [3.63, 3.8) is 0 Å². The first-order valence-corrected chi connectivity index (χ1v) is 7.36. The summed E-state index contributed by atoms with van der Waals surface area (Å²) in [5.41, 5.74) is 1.38. The molecule has 5 nitrogen and oxygen atoms in total. The van der Waals surface area contributed by atoms with Crippen LogP contribution in [0.15, 0.2) is 35.7 Å². The molecule has 0 aliphatic heterocycles. The lowest BCUT2D eigenvalue weighted by atomic mass is 10.1. The summed E-state index contributed by atoms with van der Waals surface area (Å²) in [6, 6.07) is 8.73. The van der Waals surface area contributed by atoms with Crippen LogP contribution >= 0.6 is 11.3 Å². The molecule has 0 saturated carbocycles. The zero-order valence-corrected chi connectivity index (χ0v) is 12.8. The Balaban J connectivity index is 2.33. The van der Waals surface area contributed by atoms with Crippen molar-refractivity contribution in [3.8, 4) is 22.1 Å². The minimum atomic E-state index is -1.00. The second-order valence-corrected chi connectivity index (χ2v) is 5.51. The van der Waals surface area contributed by atoms with E-state index < -0.39 is 5.97 Å². The predicted octanol–water partition coefficient (Wildman–Crippen LogP) is 3.68. The number of ether oxygens (including phenoxy) is 2. The van der Waals surface area contributed by atoms with E-state index in [1.807, 2.05) is 17.5 Å². The topological polar surface area (TPSA) is 68.7 Å². The van der Waals surface area contributed by atoms with Gasteiger partial charge in [0, 0.05) is 11.5 Å². The van der Waals surface area contributed by atoms with Gasteiger partial charge in [0.25, 0.3) is 0 Å². The summed E-state index contributed by atoms with van der Waals surface area (Å²) in [6.07, 6.45) is 0. The molecule has 0 saturated heterocycles. The lowest BCUT2D eigenvalue weighted by Gasteiger charge is -2.11. The van der Waals surface area contributed by atoms with E-state index in [1.165, 1.54) is 25.6 Å². The Morgan fingerprint density at radius 1 is 1.18 bits per heavy atom. The Kier molecular flexibility index (Phi) is 3.68. The Labute approximate surface area is 130 Å². The Morgan fingerprint density at radius 3 is 2.50 bits per heavy atom. The number of pyridine rings is 1. The fourth-order valence-electron chi connectivity index (χ4n) is 2.28. The number of fused-ring (bicyclic) bond motifs is 1. The standard InChI is InChI=1S/C16H13NO4S/c1-20-13-7-9-10(16(18)19)6-12(15-4-3-5-22-15)17-11(9)8-14(13)21-2/h3-8H,1-2H3,(H,18,19). The van der Waals surface area contributed by atoms with E-state index in [0.717, 1.165) is 4.88 Å². The minimum absolute atomic E-state index is 0.189. The van der Waals surface area contributed by atoms with Crippen LogP contribution in [-0.4, -0.2) is 30.3 Å². The number of rotatable bonds is 4. The summed E-state index contributed by atoms with van der Waals surface area (Å²) >= 11 is 1.51. The van der Waals surface area contributed by atoms with Gasteiger partial charge < -0.3 is 14.6 Å². The number of nitrogens with zero attached hydrogens (tertiary/aromatic N) is 1. The number of methoxy groups -OCH3 is 2. The van der Waals surface area contributed by atoms with E-state index in [-0.39, 0.29) is 5.56 Å². The highest BCUT2D eigenvalue weighted by Gasteiger charge is 2.16. The molecule has 0 fully saturated rings. The highest BCUT2D eigenvalue weighted by Crippen LogP contribution is 2.35. The quantitative estimate of drug-likeness (QED) is 0.795. The summed E-state index contributed by atoms with van der Waals surface area (Å²) < 4.78 is 10.5. The zero-order valence-electron chi connectivity index (χ0n) is 12.0. The fraction of sp³-hybridized carbons (Fsp3) is 0.125. The van der Waals surface area contributed by atoms with Crippen LogP contribution in [0.1, 0.15) is 10.4 Å². The molecule has 0 bridgehead atoms. The van der Waals surface area contributed by atoms with E-state index in [4.69, 9.17) is 9.47 Å². The maximum atomic E-state index is 11.6. The first kappa shape index (κ1) is 14.3. The summed E-state index contributed by atoms with van der Waals surface area (Å²) in [5, 5.41) is 11.9. The summed E-state index contributed by atoms with van der Waals surface area (Å²) in [4.78, 5) is 17.1. The lowest BCUT2D eigenvalue weighted by Crippen LogP contribution is -2.01. The van der Waals surface area contributed by atoms with Gasteiger partial charge in [0.15, 0.2) is 11.5 Å². The van der Waals surface area contributed by atoms with E-state index in [9.17, 15) is 9.90 Å². The van der Waals surface area contributed by atoms with Crippen LogP contribution in [-0.2, 0) is 0 Å². The SMILES string of the molecule is COc1cc2nc(-c3cccs3)cc(C(=O)O)c2cc1OC. The number of aromatic carboxylic acids is 1. The number of hydrogen-bond acceptors (Lipinski definition) is 5. The third kappa shape index (κ3) is 2.37. The van der Waals surface area contributed by atoms with Crippen molar-refractivity contribution < 1.29 is 19.4 Å². The molecular formula is C16H13NO4S. The van der Waals surface area contributed by atoms with Crippen molar-refractivity contribution in [2.45, 2.75) is 0 Å². The van der Waals surface area contributed by atoms with Crippen molar-refractivity contribution >= 4 is 28.2 Å². The molecule has 3 aromatic rings. The molecule has 0 spiro atoms. The lowest BCUT2D eigenvalue weighted by molar-refractivity contribution is 0.0699. The van der Waals surface area contributed by atoms with E-state index in [0.29, 0.717) is 28.1 Å². The molecule has 0 radical (unpaired) electrons. The largest absolute Gasteiger partial charge is 0.493 e. The van der Waals surface area contributed by atoms with Gasteiger partial charge in [0.1, 0.15) is 0 Å². The van der Waals surface area contributed by atoms with Gasteiger partial charge in [-0.2, -0.15) is 0 Å². The van der Waals surface area contributed by atoms with Crippen LogP contribution in [0.25, 0.3) is 21.5 Å². The summed E-state index contributed by atoms with van der Waals surface area (Å²) in [7, 11) is 3.04. The minimum Gasteiger partial charge on any atom is -0.493 e. The smallest absolute Gasteiger partial charge is 0.336 e. The first-order chi connectivity index (χ1) is 10.6. The molecule has 2 heterocycles. The first-order valence-electron chi connectivity index (χ1n) is 6.48. The maximum Gasteiger partial charge on any atom is 0.336 e. The van der Waals surface area contributed by atoms with Crippen molar-refractivity contribution in [2.24, 2.45) is 0 Å². The molecule has 0 amide bonds. The zero-order chi connectivity index (χ0) is 15.7. The van der Waals surface area contributed by atoms with Crippen molar-refractivity contribution in [1.29, 1.82) is 0 Å². The Morgan fingerprint density at radius 2 is 1.91 bits per heavy atom. The normalized spacial score (nSPS) is 10.6. The van der Waals surface area contributed by atoms with Gasteiger partial charge in [-0.3, -0.25) is 0 Å². The fourth-order valence-corrected chi connectivity index (χ4v) is 2.97. The number of hydrogen-bond donors (Lipinski definition) is 1. The van der Waals surface area contributed by atoms with Crippen molar-refractivity contribution in [3.05, 3.63) is 41.3 Å². The monoisotopic (exact) mass is 315 g/mol. The Hall–Kier alpha value is -2.60. The van der Waals surface area contributed by atoms with Gasteiger partial charge >= 0.3 is 5.97 Å². The molecule has 22 heavy (non-hydrogen) atoms. The number of aromatic nitrogens is 1. The summed E-state index contributed by atoms with van der Waals surface area (Å²) in [5.74, 6) is -0.0113. The number of carboxylic acid groups (broad SMARTS) is 1. The van der Waals surface area contributed by atoms with Gasteiger partial charge in [0.2, 0.25) is 0 Å². The van der Waals surface area contributed by atoms with E-state index >= 15 is 0 Å². The highest BCUT2D eigenvalue weighted by molar-refractivity contribution is 7.13. The maximum absolute atomic E-state index is 11.6. The van der Waals surface area contributed by atoms with Crippen molar-refractivity contribution in [1.82, 2.24) is 4.98 Å². The Bertz CT molecular complexity index is 843. The highest BCUT2D eigenvalue weighted by atomic mass is 32.1. The van der Waals surface area contributed by atoms with Gasteiger partial charge in [-0.1, -0.05) is 6.07 Å². The summed E-state index contributed by atoms with van der Waals surface area (Å²) in [6.45, 7) is 0. The molecule has 6 heteroatoms. The van der Waals surface area contributed by atoms with Crippen LogP contribution in [0.4, 0.5) is 0 Å². The van der Waals surface area contributed by atoms with Gasteiger partial charge in [-0.15, -0.1) is 11.3 Å². The van der Waals surface area contributed by atoms with E-state index in [2.05, 4.69) is 4.98 Å².